The van der Waals surface area contributed by atoms with Gasteiger partial charge in [-0.25, -0.2) is 4.98 Å². The normalized spacial score (nSPS) is 12.1. The lowest BCUT2D eigenvalue weighted by Gasteiger charge is -2.12. The average Bonchev–Trinajstić information content (AvgIpc) is 2.42. The van der Waals surface area contributed by atoms with E-state index in [9.17, 15) is 9.90 Å². The highest BCUT2D eigenvalue weighted by Crippen LogP contribution is 2.29. The van der Waals surface area contributed by atoms with Crippen LogP contribution in [0, 0.1) is 0 Å². The van der Waals surface area contributed by atoms with Crippen molar-refractivity contribution in [2.45, 2.75) is 10.9 Å². The van der Waals surface area contributed by atoms with Crippen LogP contribution in [0.4, 0.5) is 0 Å². The van der Waals surface area contributed by atoms with Crippen LogP contribution in [0.5, 0.6) is 0 Å². The molecule has 98 valence electrons. The summed E-state index contributed by atoms with van der Waals surface area (Å²) < 4.78 is 0. The molecular formula is C14H12ClNO2S. The summed E-state index contributed by atoms with van der Waals surface area (Å²) in [7, 11) is 0. The molecule has 1 atom stereocenters. The highest BCUT2D eigenvalue weighted by atomic mass is 35.5. The third-order valence-electron chi connectivity index (χ3n) is 2.61. The lowest BCUT2D eigenvalue weighted by atomic mass is 10.0. The maximum atomic E-state index is 11.3. The zero-order chi connectivity index (χ0) is 13.7. The molecule has 2 aromatic rings. The minimum Gasteiger partial charge on any atom is -0.481 e. The molecule has 1 aromatic carbocycles. The summed E-state index contributed by atoms with van der Waals surface area (Å²) in [6.45, 7) is 0. The van der Waals surface area contributed by atoms with Crippen molar-refractivity contribution in [2.75, 3.05) is 5.75 Å². The van der Waals surface area contributed by atoms with Gasteiger partial charge in [0.1, 0.15) is 5.03 Å². The molecule has 0 saturated carbocycles. The third-order valence-corrected chi connectivity index (χ3v) is 4.13. The Bertz CT molecular complexity index is 562. The molecule has 2 rings (SSSR count). The molecule has 19 heavy (non-hydrogen) atoms. The average molecular weight is 294 g/mol. The van der Waals surface area contributed by atoms with Crippen molar-refractivity contribution in [3.8, 4) is 0 Å². The van der Waals surface area contributed by atoms with Crippen LogP contribution in [0.1, 0.15) is 11.5 Å². The van der Waals surface area contributed by atoms with Crippen LogP contribution in [0.25, 0.3) is 0 Å². The summed E-state index contributed by atoms with van der Waals surface area (Å²) in [4.78, 5) is 15.5. The maximum Gasteiger partial charge on any atom is 0.311 e. The van der Waals surface area contributed by atoms with Gasteiger partial charge in [0, 0.05) is 11.9 Å². The van der Waals surface area contributed by atoms with Crippen molar-refractivity contribution in [3.05, 3.63) is 59.2 Å². The monoisotopic (exact) mass is 293 g/mol. The molecule has 1 aromatic heterocycles. The van der Waals surface area contributed by atoms with Gasteiger partial charge in [0.05, 0.1) is 10.9 Å². The van der Waals surface area contributed by atoms with Gasteiger partial charge in [0.15, 0.2) is 0 Å². The molecule has 0 saturated heterocycles. The zero-order valence-corrected chi connectivity index (χ0v) is 11.6. The third kappa shape index (κ3) is 3.72. The molecule has 0 aliphatic rings. The number of pyridine rings is 1. The summed E-state index contributed by atoms with van der Waals surface area (Å²) >= 11 is 7.36. The van der Waals surface area contributed by atoms with E-state index in [0.717, 1.165) is 5.56 Å². The summed E-state index contributed by atoms with van der Waals surface area (Å²) in [5.41, 5.74) is 0.787. The van der Waals surface area contributed by atoms with Crippen LogP contribution in [-0.2, 0) is 4.79 Å². The van der Waals surface area contributed by atoms with E-state index in [4.69, 9.17) is 11.6 Å². The minimum absolute atomic E-state index is 0.399. The Morgan fingerprint density at radius 2 is 2.00 bits per heavy atom. The van der Waals surface area contributed by atoms with Gasteiger partial charge >= 0.3 is 5.97 Å². The van der Waals surface area contributed by atoms with Crippen molar-refractivity contribution >= 4 is 29.3 Å². The molecule has 5 heteroatoms. The van der Waals surface area contributed by atoms with E-state index in [0.29, 0.717) is 15.8 Å². The number of aromatic nitrogens is 1. The first-order valence-electron chi connectivity index (χ1n) is 5.69. The van der Waals surface area contributed by atoms with E-state index in [1.165, 1.54) is 11.8 Å². The van der Waals surface area contributed by atoms with E-state index in [2.05, 4.69) is 4.98 Å². The van der Waals surface area contributed by atoms with Crippen LogP contribution >= 0.6 is 23.4 Å². The van der Waals surface area contributed by atoms with Crippen LogP contribution in [0.3, 0.4) is 0 Å². The van der Waals surface area contributed by atoms with E-state index < -0.39 is 11.9 Å². The number of benzene rings is 1. The van der Waals surface area contributed by atoms with Crippen LogP contribution in [0.15, 0.2) is 53.7 Å². The number of hydrogen-bond acceptors (Lipinski definition) is 3. The maximum absolute atomic E-state index is 11.3. The second-order valence-corrected chi connectivity index (χ2v) is 5.32. The molecule has 1 N–H and O–H groups in total. The standard InChI is InChI=1S/C14H12ClNO2S/c15-12-7-4-8-16-13(12)19-9-11(14(17)18)10-5-2-1-3-6-10/h1-8,11H,9H2,(H,17,18). The molecule has 3 nitrogen and oxygen atoms in total. The highest BCUT2D eigenvalue weighted by molar-refractivity contribution is 7.99. The van der Waals surface area contributed by atoms with Crippen molar-refractivity contribution < 1.29 is 9.90 Å². The Labute approximate surface area is 120 Å². The topological polar surface area (TPSA) is 50.2 Å². The lowest BCUT2D eigenvalue weighted by Crippen LogP contribution is -2.14. The first kappa shape index (κ1) is 13.9. The zero-order valence-electron chi connectivity index (χ0n) is 9.99. The van der Waals surface area contributed by atoms with Crippen molar-refractivity contribution in [1.82, 2.24) is 4.98 Å². The number of carboxylic acids is 1. The van der Waals surface area contributed by atoms with Crippen LogP contribution in [-0.4, -0.2) is 21.8 Å². The molecule has 1 heterocycles. The fourth-order valence-electron chi connectivity index (χ4n) is 1.64. The molecule has 0 spiro atoms. The number of halogens is 1. The number of hydrogen-bond donors (Lipinski definition) is 1. The highest BCUT2D eigenvalue weighted by Gasteiger charge is 2.20. The minimum atomic E-state index is -0.842. The SMILES string of the molecule is O=C(O)C(CSc1ncccc1Cl)c1ccccc1. The second kappa shape index (κ2) is 6.59. The number of nitrogens with zero attached hydrogens (tertiary/aromatic N) is 1. The van der Waals surface area contributed by atoms with Gasteiger partial charge in [-0.2, -0.15) is 0 Å². The van der Waals surface area contributed by atoms with Gasteiger partial charge in [-0.1, -0.05) is 41.9 Å². The van der Waals surface area contributed by atoms with E-state index >= 15 is 0 Å². The quantitative estimate of drug-likeness (QED) is 0.854. The Morgan fingerprint density at radius 3 is 2.63 bits per heavy atom. The summed E-state index contributed by atoms with van der Waals surface area (Å²) in [6.07, 6.45) is 1.65. The van der Waals surface area contributed by atoms with Gasteiger partial charge < -0.3 is 5.11 Å². The van der Waals surface area contributed by atoms with Gasteiger partial charge in [0.25, 0.3) is 0 Å². The predicted octanol–water partition coefficient (Wildman–Crippen LogP) is 3.70. The van der Waals surface area contributed by atoms with Gasteiger partial charge in [-0.3, -0.25) is 4.79 Å². The van der Waals surface area contributed by atoms with Crippen LogP contribution < -0.4 is 0 Å². The molecule has 1 unspecified atom stereocenters. The number of carboxylic acid groups (broad SMARTS) is 1. The molecule has 0 amide bonds. The Kier molecular flexibility index (Phi) is 4.82. The van der Waals surface area contributed by atoms with Crippen molar-refractivity contribution in [3.63, 3.8) is 0 Å². The molecule has 0 fully saturated rings. The molecular weight excluding hydrogens is 282 g/mol. The lowest BCUT2D eigenvalue weighted by molar-refractivity contribution is -0.138. The number of carbonyl (C=O) groups is 1. The Hall–Kier alpha value is -1.52. The molecule has 0 radical (unpaired) electrons. The summed E-state index contributed by atoms with van der Waals surface area (Å²) in [6, 6.07) is 12.7. The number of rotatable bonds is 5. The van der Waals surface area contributed by atoms with Crippen LogP contribution in [0.2, 0.25) is 5.02 Å². The fraction of sp³-hybridized carbons (Fsp3) is 0.143. The number of aliphatic carboxylic acids is 1. The summed E-state index contributed by atoms with van der Waals surface area (Å²) in [5, 5.41) is 10.5. The van der Waals surface area contributed by atoms with Gasteiger partial charge in [-0.05, 0) is 17.7 Å². The first-order chi connectivity index (χ1) is 9.18. The van der Waals surface area contributed by atoms with E-state index in [1.807, 2.05) is 30.3 Å². The molecule has 0 bridgehead atoms. The van der Waals surface area contributed by atoms with E-state index in [1.54, 1.807) is 18.3 Å². The smallest absolute Gasteiger partial charge is 0.311 e. The Morgan fingerprint density at radius 1 is 1.26 bits per heavy atom. The first-order valence-corrected chi connectivity index (χ1v) is 7.06. The largest absolute Gasteiger partial charge is 0.481 e. The van der Waals surface area contributed by atoms with Gasteiger partial charge in [-0.15, -0.1) is 11.8 Å². The van der Waals surface area contributed by atoms with Crippen molar-refractivity contribution in [1.29, 1.82) is 0 Å². The fourth-order valence-corrected chi connectivity index (χ4v) is 2.92. The van der Waals surface area contributed by atoms with E-state index in [-0.39, 0.29) is 0 Å². The van der Waals surface area contributed by atoms with Gasteiger partial charge in [0.2, 0.25) is 0 Å². The molecule has 0 aliphatic carbocycles. The van der Waals surface area contributed by atoms with Crippen molar-refractivity contribution in [2.24, 2.45) is 0 Å². The summed E-state index contributed by atoms with van der Waals surface area (Å²) in [5.74, 6) is -1.01. The Balaban J connectivity index is 2.11. The second-order valence-electron chi connectivity index (χ2n) is 3.90. The predicted molar refractivity (Wildman–Crippen MR) is 76.8 cm³/mol. The number of thioether (sulfide) groups is 1. The molecule has 0 aliphatic heterocycles.